The fourth-order valence-corrected chi connectivity index (χ4v) is 1.11. The van der Waals surface area contributed by atoms with Gasteiger partial charge in [0.15, 0.2) is 0 Å². The van der Waals surface area contributed by atoms with Crippen molar-refractivity contribution >= 4 is 11.8 Å². The molecule has 0 heterocycles. The lowest BCUT2D eigenvalue weighted by Gasteiger charge is -2.23. The van der Waals surface area contributed by atoms with Crippen LogP contribution in [0.5, 0.6) is 0 Å². The Morgan fingerprint density at radius 1 is 1.54 bits per heavy atom. The Balaban J connectivity index is 3.44. The molecule has 0 spiro atoms. The molecule has 0 saturated heterocycles. The molecule has 1 atom stereocenters. The van der Waals surface area contributed by atoms with Crippen molar-refractivity contribution in [1.29, 1.82) is 0 Å². The molecule has 0 aromatic carbocycles. The fraction of sp³-hybridized carbons (Fsp3) is 1.00. The predicted molar refractivity (Wildman–Crippen MR) is 58.3 cm³/mol. The van der Waals surface area contributed by atoms with Gasteiger partial charge in [-0.25, -0.2) is 0 Å². The summed E-state index contributed by atoms with van der Waals surface area (Å²) < 4.78 is 5.05. The lowest BCUT2D eigenvalue weighted by Crippen LogP contribution is -2.37. The van der Waals surface area contributed by atoms with E-state index in [4.69, 9.17) is 4.74 Å². The van der Waals surface area contributed by atoms with Crippen LogP contribution in [0.3, 0.4) is 0 Å². The van der Waals surface area contributed by atoms with Crippen molar-refractivity contribution in [2.75, 3.05) is 33.1 Å². The van der Waals surface area contributed by atoms with Gasteiger partial charge in [0.1, 0.15) is 0 Å². The van der Waals surface area contributed by atoms with Crippen LogP contribution in [0, 0.1) is 0 Å². The Morgan fingerprint density at radius 2 is 2.15 bits per heavy atom. The molecule has 3 nitrogen and oxygen atoms in total. The highest BCUT2D eigenvalue weighted by atomic mass is 32.2. The Morgan fingerprint density at radius 3 is 2.62 bits per heavy atom. The number of methoxy groups -OCH3 is 1. The van der Waals surface area contributed by atoms with E-state index in [-0.39, 0.29) is 4.75 Å². The van der Waals surface area contributed by atoms with Crippen LogP contribution in [0.2, 0.25) is 0 Å². The lowest BCUT2D eigenvalue weighted by atomic mass is 10.2. The van der Waals surface area contributed by atoms with E-state index in [9.17, 15) is 5.11 Å². The first kappa shape index (κ1) is 13.2. The third kappa shape index (κ3) is 7.31. The van der Waals surface area contributed by atoms with Gasteiger partial charge in [-0.3, -0.25) is 0 Å². The van der Waals surface area contributed by atoms with E-state index >= 15 is 0 Å². The van der Waals surface area contributed by atoms with Gasteiger partial charge in [-0.2, -0.15) is 11.8 Å². The van der Waals surface area contributed by atoms with E-state index in [0.717, 1.165) is 6.54 Å². The average Bonchev–Trinajstić information content (AvgIpc) is 2.05. The molecule has 1 unspecified atom stereocenters. The molecule has 4 heteroatoms. The van der Waals surface area contributed by atoms with E-state index in [0.29, 0.717) is 13.2 Å². The van der Waals surface area contributed by atoms with Gasteiger partial charge in [0.2, 0.25) is 0 Å². The molecule has 0 fully saturated rings. The highest BCUT2D eigenvalue weighted by molar-refractivity contribution is 7.99. The summed E-state index contributed by atoms with van der Waals surface area (Å²) in [4.78, 5) is 0. The van der Waals surface area contributed by atoms with Gasteiger partial charge < -0.3 is 15.2 Å². The number of rotatable bonds is 7. The van der Waals surface area contributed by atoms with Gasteiger partial charge in [-0.1, -0.05) is 0 Å². The van der Waals surface area contributed by atoms with Crippen molar-refractivity contribution in [3.63, 3.8) is 0 Å². The highest BCUT2D eigenvalue weighted by Crippen LogP contribution is 2.19. The van der Waals surface area contributed by atoms with Gasteiger partial charge >= 0.3 is 0 Å². The average molecular weight is 207 g/mol. The predicted octanol–water partition coefficient (Wildman–Crippen LogP) is 0.725. The maximum Gasteiger partial charge on any atom is 0.0897 e. The summed E-state index contributed by atoms with van der Waals surface area (Å²) in [6.07, 6.45) is 1.69. The van der Waals surface area contributed by atoms with Crippen LogP contribution in [0.15, 0.2) is 0 Å². The van der Waals surface area contributed by atoms with Gasteiger partial charge in [-0.15, -0.1) is 0 Å². The molecule has 0 saturated carbocycles. The summed E-state index contributed by atoms with van der Waals surface area (Å²) >= 11 is 1.82. The van der Waals surface area contributed by atoms with Crippen molar-refractivity contribution in [2.24, 2.45) is 0 Å². The first-order valence-corrected chi connectivity index (χ1v) is 5.67. The van der Waals surface area contributed by atoms with Crippen molar-refractivity contribution in [3.8, 4) is 0 Å². The van der Waals surface area contributed by atoms with Gasteiger partial charge in [0, 0.05) is 24.9 Å². The second kappa shape index (κ2) is 6.65. The molecule has 80 valence electrons. The molecule has 0 bridgehead atoms. The van der Waals surface area contributed by atoms with Crippen LogP contribution in [0.1, 0.15) is 13.8 Å². The number of nitrogens with one attached hydrogen (secondary N) is 1. The second-order valence-corrected chi connectivity index (χ2v) is 5.22. The number of hydrogen-bond acceptors (Lipinski definition) is 4. The molecule has 0 aliphatic carbocycles. The minimum absolute atomic E-state index is 0.229. The van der Waals surface area contributed by atoms with Crippen LogP contribution >= 0.6 is 11.8 Å². The Kier molecular flexibility index (Phi) is 6.77. The zero-order valence-electron chi connectivity index (χ0n) is 8.96. The number of hydrogen-bond donors (Lipinski definition) is 2. The van der Waals surface area contributed by atoms with Gasteiger partial charge in [-0.05, 0) is 20.1 Å². The molecule has 0 radical (unpaired) electrons. The quantitative estimate of drug-likeness (QED) is 0.645. The maximum absolute atomic E-state index is 9.32. The Labute approximate surface area is 85.2 Å². The molecule has 0 aromatic heterocycles. The monoisotopic (exact) mass is 207 g/mol. The Bertz CT molecular complexity index is 131. The molecule has 0 aliphatic rings. The number of aliphatic hydroxyl groups is 1. The van der Waals surface area contributed by atoms with Crippen molar-refractivity contribution < 1.29 is 9.84 Å². The standard InChI is InChI=1S/C9H21NO2S/c1-9(2,13-4)7-10-5-8(11)6-12-3/h8,10-11H,5-7H2,1-4H3. The summed E-state index contributed by atoms with van der Waals surface area (Å²) in [7, 11) is 1.59. The fourth-order valence-electron chi connectivity index (χ4n) is 0.863. The summed E-state index contributed by atoms with van der Waals surface area (Å²) in [6.45, 7) is 6.24. The summed E-state index contributed by atoms with van der Waals surface area (Å²) in [5.74, 6) is 0. The summed E-state index contributed by atoms with van der Waals surface area (Å²) in [5.41, 5.74) is 0. The molecule has 2 N–H and O–H groups in total. The summed E-state index contributed by atoms with van der Waals surface area (Å²) in [5, 5.41) is 12.5. The van der Waals surface area contributed by atoms with Crippen molar-refractivity contribution in [2.45, 2.75) is 24.7 Å². The molecular formula is C9H21NO2S. The molecule has 0 rings (SSSR count). The molecule has 0 aliphatic heterocycles. The van der Waals surface area contributed by atoms with Gasteiger partial charge in [0.25, 0.3) is 0 Å². The van der Waals surface area contributed by atoms with Gasteiger partial charge in [0.05, 0.1) is 12.7 Å². The minimum Gasteiger partial charge on any atom is -0.389 e. The topological polar surface area (TPSA) is 41.5 Å². The van der Waals surface area contributed by atoms with E-state index in [1.165, 1.54) is 0 Å². The molecule has 0 aromatic rings. The SMILES string of the molecule is COCC(O)CNCC(C)(C)SC. The van der Waals surface area contributed by atoms with Crippen LogP contribution in [-0.2, 0) is 4.74 Å². The van der Waals surface area contributed by atoms with E-state index in [1.54, 1.807) is 7.11 Å². The van der Waals surface area contributed by atoms with Crippen molar-refractivity contribution in [3.05, 3.63) is 0 Å². The van der Waals surface area contributed by atoms with E-state index < -0.39 is 6.10 Å². The number of aliphatic hydroxyl groups excluding tert-OH is 1. The van der Waals surface area contributed by atoms with E-state index in [1.807, 2.05) is 11.8 Å². The number of ether oxygens (including phenoxy) is 1. The second-order valence-electron chi connectivity index (χ2n) is 3.70. The molecular weight excluding hydrogens is 186 g/mol. The van der Waals surface area contributed by atoms with Crippen LogP contribution in [0.25, 0.3) is 0 Å². The smallest absolute Gasteiger partial charge is 0.0897 e. The summed E-state index contributed by atoms with van der Waals surface area (Å²) in [6, 6.07) is 0. The first-order chi connectivity index (χ1) is 6.02. The Hall–Kier alpha value is 0.230. The normalized spacial score (nSPS) is 14.5. The maximum atomic E-state index is 9.32. The first-order valence-electron chi connectivity index (χ1n) is 4.44. The number of thioether (sulfide) groups is 1. The minimum atomic E-state index is -0.400. The lowest BCUT2D eigenvalue weighted by molar-refractivity contribution is 0.0644. The third-order valence-electron chi connectivity index (χ3n) is 1.84. The van der Waals surface area contributed by atoms with E-state index in [2.05, 4.69) is 25.4 Å². The zero-order valence-corrected chi connectivity index (χ0v) is 9.78. The highest BCUT2D eigenvalue weighted by Gasteiger charge is 2.15. The third-order valence-corrected chi connectivity index (χ3v) is 3.09. The van der Waals surface area contributed by atoms with Crippen LogP contribution in [0.4, 0.5) is 0 Å². The molecule has 13 heavy (non-hydrogen) atoms. The van der Waals surface area contributed by atoms with Crippen LogP contribution in [-0.4, -0.2) is 49.0 Å². The largest absolute Gasteiger partial charge is 0.389 e. The van der Waals surface area contributed by atoms with Crippen LogP contribution < -0.4 is 5.32 Å². The zero-order chi connectivity index (χ0) is 10.3. The molecule has 0 amide bonds. The van der Waals surface area contributed by atoms with Crippen molar-refractivity contribution in [1.82, 2.24) is 5.32 Å².